The number of non-ortho nitro benzene ring substituents is 1. The molecule has 108 valence electrons. The highest BCUT2D eigenvalue weighted by molar-refractivity contribution is 6.08. The number of benzene rings is 2. The van der Waals surface area contributed by atoms with Crippen LogP contribution in [0.1, 0.15) is 10.4 Å². The third-order valence-electron chi connectivity index (χ3n) is 2.85. The number of anilines is 2. The minimum atomic E-state index is -0.862. The Balaban J connectivity index is 2.26. The molecule has 0 heterocycles. The summed E-state index contributed by atoms with van der Waals surface area (Å²) in [5.74, 6) is -1.37. The van der Waals surface area contributed by atoms with Gasteiger partial charge in [0, 0.05) is 18.8 Å². The number of halogens is 1. The van der Waals surface area contributed by atoms with Crippen molar-refractivity contribution in [3.63, 3.8) is 0 Å². The number of carbonyl (C=O) groups excluding carboxylic acids is 1. The lowest BCUT2D eigenvalue weighted by Gasteiger charge is -2.10. The number of nitro groups is 1. The maximum absolute atomic E-state index is 13.7. The van der Waals surface area contributed by atoms with E-state index in [4.69, 9.17) is 0 Å². The number of nitrogens with zero attached hydrogens (tertiary/aromatic N) is 1. The molecule has 1 amide bonds. The zero-order valence-electron chi connectivity index (χ0n) is 11.1. The highest BCUT2D eigenvalue weighted by atomic mass is 19.1. The van der Waals surface area contributed by atoms with E-state index in [0.717, 1.165) is 18.2 Å². The summed E-state index contributed by atoms with van der Waals surface area (Å²) in [6, 6.07) is 9.79. The molecular weight excluding hydrogens is 277 g/mol. The fourth-order valence-corrected chi connectivity index (χ4v) is 1.81. The number of rotatable bonds is 4. The van der Waals surface area contributed by atoms with Crippen LogP contribution in [0.4, 0.5) is 21.5 Å². The van der Waals surface area contributed by atoms with E-state index in [1.165, 1.54) is 0 Å². The van der Waals surface area contributed by atoms with Crippen LogP contribution in [-0.2, 0) is 0 Å². The largest absolute Gasteiger partial charge is 0.387 e. The molecule has 0 radical (unpaired) electrons. The van der Waals surface area contributed by atoms with E-state index in [-0.39, 0.29) is 11.4 Å². The first-order valence-electron chi connectivity index (χ1n) is 6.05. The number of nitrogens with one attached hydrogen (secondary N) is 2. The summed E-state index contributed by atoms with van der Waals surface area (Å²) in [6.45, 7) is 0. The van der Waals surface area contributed by atoms with E-state index in [0.29, 0.717) is 11.3 Å². The number of hydrogen-bond donors (Lipinski definition) is 2. The van der Waals surface area contributed by atoms with Crippen molar-refractivity contribution in [1.29, 1.82) is 0 Å². The van der Waals surface area contributed by atoms with E-state index >= 15 is 0 Å². The van der Waals surface area contributed by atoms with Crippen LogP contribution in [0.15, 0.2) is 42.5 Å². The topological polar surface area (TPSA) is 84.3 Å². The van der Waals surface area contributed by atoms with E-state index < -0.39 is 16.6 Å². The average molecular weight is 289 g/mol. The third kappa shape index (κ3) is 3.14. The second kappa shape index (κ2) is 6.00. The molecule has 2 aromatic carbocycles. The summed E-state index contributed by atoms with van der Waals surface area (Å²) in [7, 11) is 1.67. The van der Waals surface area contributed by atoms with Gasteiger partial charge in [0.05, 0.1) is 22.2 Å². The number of nitro benzene ring substituents is 1. The molecule has 0 atom stereocenters. The highest BCUT2D eigenvalue weighted by Crippen LogP contribution is 2.22. The lowest BCUT2D eigenvalue weighted by molar-refractivity contribution is -0.385. The maximum atomic E-state index is 13.7. The van der Waals surface area contributed by atoms with E-state index in [1.807, 2.05) is 0 Å². The lowest BCUT2D eigenvalue weighted by atomic mass is 10.1. The molecule has 0 saturated carbocycles. The Morgan fingerprint density at radius 2 is 1.90 bits per heavy atom. The maximum Gasteiger partial charge on any atom is 0.272 e. The van der Waals surface area contributed by atoms with Gasteiger partial charge in [0.25, 0.3) is 11.6 Å². The van der Waals surface area contributed by atoms with Crippen molar-refractivity contribution in [2.24, 2.45) is 0 Å². The van der Waals surface area contributed by atoms with Crippen molar-refractivity contribution in [3.05, 3.63) is 64.0 Å². The molecule has 0 aliphatic carbocycles. The van der Waals surface area contributed by atoms with E-state index in [2.05, 4.69) is 10.6 Å². The first kappa shape index (κ1) is 14.4. The van der Waals surface area contributed by atoms with Gasteiger partial charge in [-0.05, 0) is 18.2 Å². The van der Waals surface area contributed by atoms with Gasteiger partial charge in [-0.1, -0.05) is 12.1 Å². The molecule has 0 bridgehead atoms. The van der Waals surface area contributed by atoms with Crippen molar-refractivity contribution in [1.82, 2.24) is 0 Å². The fourth-order valence-electron chi connectivity index (χ4n) is 1.81. The zero-order valence-corrected chi connectivity index (χ0v) is 11.1. The SMILES string of the molecule is CNc1ccccc1C(=O)Nc1ccc([N+](=O)[O-])cc1F. The Morgan fingerprint density at radius 3 is 2.52 bits per heavy atom. The Labute approximate surface area is 119 Å². The second-order valence-corrected chi connectivity index (χ2v) is 4.17. The summed E-state index contributed by atoms with van der Waals surface area (Å²) in [5, 5.41) is 15.8. The molecule has 2 rings (SSSR count). The van der Waals surface area contributed by atoms with Crippen LogP contribution in [0, 0.1) is 15.9 Å². The van der Waals surface area contributed by atoms with Gasteiger partial charge in [-0.3, -0.25) is 14.9 Å². The summed E-state index contributed by atoms with van der Waals surface area (Å²) in [4.78, 5) is 21.9. The zero-order chi connectivity index (χ0) is 15.4. The van der Waals surface area contributed by atoms with Crippen molar-refractivity contribution in [2.75, 3.05) is 17.7 Å². The van der Waals surface area contributed by atoms with Gasteiger partial charge in [0.1, 0.15) is 0 Å². The second-order valence-electron chi connectivity index (χ2n) is 4.17. The van der Waals surface area contributed by atoms with Crippen LogP contribution < -0.4 is 10.6 Å². The normalized spacial score (nSPS) is 10.0. The Morgan fingerprint density at radius 1 is 1.19 bits per heavy atom. The average Bonchev–Trinajstić information content (AvgIpc) is 2.48. The van der Waals surface area contributed by atoms with Crippen molar-refractivity contribution in [2.45, 2.75) is 0 Å². The number of hydrogen-bond acceptors (Lipinski definition) is 4. The van der Waals surface area contributed by atoms with Gasteiger partial charge >= 0.3 is 0 Å². The molecule has 0 aromatic heterocycles. The van der Waals surface area contributed by atoms with Crippen LogP contribution >= 0.6 is 0 Å². The van der Waals surface area contributed by atoms with E-state index in [9.17, 15) is 19.3 Å². The molecule has 6 nitrogen and oxygen atoms in total. The molecule has 7 heteroatoms. The highest BCUT2D eigenvalue weighted by Gasteiger charge is 2.15. The first-order chi connectivity index (χ1) is 10.0. The standard InChI is InChI=1S/C14H12FN3O3/c1-16-12-5-3-2-4-10(12)14(19)17-13-7-6-9(18(20)21)8-11(13)15/h2-8,16H,1H3,(H,17,19). The van der Waals surface area contributed by atoms with Gasteiger partial charge in [0.2, 0.25) is 0 Å². The minimum Gasteiger partial charge on any atom is -0.387 e. The minimum absolute atomic E-state index is 0.114. The molecule has 0 saturated heterocycles. The van der Waals surface area contributed by atoms with Crippen LogP contribution in [0.3, 0.4) is 0 Å². The van der Waals surface area contributed by atoms with Crippen molar-refractivity contribution >= 4 is 23.0 Å². The summed E-state index contributed by atoms with van der Waals surface area (Å²) >= 11 is 0. The quantitative estimate of drug-likeness (QED) is 0.669. The molecule has 0 unspecified atom stereocenters. The third-order valence-corrected chi connectivity index (χ3v) is 2.85. The molecule has 2 N–H and O–H groups in total. The molecule has 21 heavy (non-hydrogen) atoms. The number of para-hydroxylation sites is 1. The van der Waals surface area contributed by atoms with Gasteiger partial charge in [-0.2, -0.15) is 0 Å². The summed E-state index contributed by atoms with van der Waals surface area (Å²) in [5.41, 5.74) is 0.452. The molecule has 0 aliphatic rings. The number of amides is 1. The molecular formula is C14H12FN3O3. The van der Waals surface area contributed by atoms with Gasteiger partial charge < -0.3 is 10.6 Å². The van der Waals surface area contributed by atoms with Crippen LogP contribution in [-0.4, -0.2) is 17.9 Å². The molecule has 0 spiro atoms. The van der Waals surface area contributed by atoms with Crippen molar-refractivity contribution < 1.29 is 14.1 Å². The monoisotopic (exact) mass is 289 g/mol. The number of carbonyl (C=O) groups is 1. The Hall–Kier alpha value is -2.96. The molecule has 0 aliphatic heterocycles. The Bertz CT molecular complexity index is 704. The lowest BCUT2D eigenvalue weighted by Crippen LogP contribution is -2.14. The van der Waals surface area contributed by atoms with Gasteiger partial charge in [-0.25, -0.2) is 4.39 Å². The van der Waals surface area contributed by atoms with Crippen LogP contribution in [0.2, 0.25) is 0 Å². The fraction of sp³-hybridized carbons (Fsp3) is 0.0714. The smallest absolute Gasteiger partial charge is 0.272 e. The van der Waals surface area contributed by atoms with Crippen molar-refractivity contribution in [3.8, 4) is 0 Å². The summed E-state index contributed by atoms with van der Waals surface area (Å²) < 4.78 is 13.7. The van der Waals surface area contributed by atoms with Crippen LogP contribution in [0.5, 0.6) is 0 Å². The first-order valence-corrected chi connectivity index (χ1v) is 6.05. The molecule has 0 fully saturated rings. The van der Waals surface area contributed by atoms with Crippen LogP contribution in [0.25, 0.3) is 0 Å². The van der Waals surface area contributed by atoms with E-state index in [1.54, 1.807) is 31.3 Å². The predicted molar refractivity (Wildman–Crippen MR) is 77.0 cm³/mol. The van der Waals surface area contributed by atoms with Gasteiger partial charge in [-0.15, -0.1) is 0 Å². The Kier molecular flexibility index (Phi) is 4.13. The molecule has 2 aromatic rings. The predicted octanol–water partition coefficient (Wildman–Crippen LogP) is 3.03. The summed E-state index contributed by atoms with van der Waals surface area (Å²) in [6.07, 6.45) is 0. The van der Waals surface area contributed by atoms with Gasteiger partial charge in [0.15, 0.2) is 5.82 Å².